The fraction of sp³-hybridized carbons (Fsp3) is 0.500. The van der Waals surface area contributed by atoms with Crippen molar-refractivity contribution in [3.05, 3.63) is 35.4 Å². The highest BCUT2D eigenvalue weighted by atomic mass is 16.2. The first-order valence-electron chi connectivity index (χ1n) is 6.43. The Labute approximate surface area is 102 Å². The third-order valence-corrected chi connectivity index (χ3v) is 3.80. The Morgan fingerprint density at radius 1 is 1.29 bits per heavy atom. The van der Waals surface area contributed by atoms with Crippen LogP contribution < -0.4 is 5.32 Å². The van der Waals surface area contributed by atoms with Gasteiger partial charge < -0.3 is 10.2 Å². The van der Waals surface area contributed by atoms with Crippen molar-refractivity contribution in [1.29, 1.82) is 0 Å². The summed E-state index contributed by atoms with van der Waals surface area (Å²) in [5, 5.41) is 3.29. The van der Waals surface area contributed by atoms with E-state index in [4.69, 9.17) is 0 Å². The molecule has 0 aromatic heterocycles. The van der Waals surface area contributed by atoms with Crippen molar-refractivity contribution in [1.82, 2.24) is 10.2 Å². The predicted octanol–water partition coefficient (Wildman–Crippen LogP) is 1.32. The Balaban J connectivity index is 1.73. The van der Waals surface area contributed by atoms with E-state index in [-0.39, 0.29) is 11.9 Å². The molecule has 2 aliphatic heterocycles. The van der Waals surface area contributed by atoms with Crippen molar-refractivity contribution in [2.75, 3.05) is 13.1 Å². The molecule has 1 atom stereocenters. The maximum atomic E-state index is 12.3. The predicted molar refractivity (Wildman–Crippen MR) is 66.6 cm³/mol. The lowest BCUT2D eigenvalue weighted by molar-refractivity contribution is -0.134. The molecule has 0 spiro atoms. The molecule has 17 heavy (non-hydrogen) atoms. The van der Waals surface area contributed by atoms with Crippen LogP contribution in [0.5, 0.6) is 0 Å². The van der Waals surface area contributed by atoms with Crippen LogP contribution in [0.2, 0.25) is 0 Å². The average Bonchev–Trinajstić information content (AvgIpc) is 2.91. The van der Waals surface area contributed by atoms with Crippen molar-refractivity contribution in [3.8, 4) is 0 Å². The number of carbonyl (C=O) groups is 1. The summed E-state index contributed by atoms with van der Waals surface area (Å²) in [4.78, 5) is 14.3. The number of benzene rings is 1. The van der Waals surface area contributed by atoms with Gasteiger partial charge in [0.15, 0.2) is 0 Å². The van der Waals surface area contributed by atoms with Crippen LogP contribution in [0.1, 0.15) is 24.0 Å². The molecule has 0 radical (unpaired) electrons. The van der Waals surface area contributed by atoms with Crippen LogP contribution in [0.4, 0.5) is 0 Å². The molecule has 1 saturated heterocycles. The van der Waals surface area contributed by atoms with Crippen molar-refractivity contribution in [2.45, 2.75) is 31.8 Å². The normalized spacial score (nSPS) is 23.5. The van der Waals surface area contributed by atoms with Gasteiger partial charge in [-0.15, -0.1) is 0 Å². The van der Waals surface area contributed by atoms with Gasteiger partial charge in [-0.05, 0) is 36.9 Å². The molecule has 3 nitrogen and oxygen atoms in total. The van der Waals surface area contributed by atoms with E-state index in [1.807, 2.05) is 4.90 Å². The van der Waals surface area contributed by atoms with Gasteiger partial charge in [-0.25, -0.2) is 0 Å². The van der Waals surface area contributed by atoms with Gasteiger partial charge in [0.25, 0.3) is 0 Å². The third-order valence-electron chi connectivity index (χ3n) is 3.80. The average molecular weight is 230 g/mol. The summed E-state index contributed by atoms with van der Waals surface area (Å²) < 4.78 is 0. The largest absolute Gasteiger partial charge is 0.337 e. The molecule has 2 aliphatic rings. The lowest BCUT2D eigenvalue weighted by atomic mass is 9.99. The summed E-state index contributed by atoms with van der Waals surface area (Å²) in [5.41, 5.74) is 2.71. The lowest BCUT2D eigenvalue weighted by Gasteiger charge is -2.30. The number of carbonyl (C=O) groups excluding carboxylic acids is 1. The Morgan fingerprint density at radius 2 is 2.12 bits per heavy atom. The number of hydrogen-bond donors (Lipinski definition) is 1. The zero-order valence-corrected chi connectivity index (χ0v) is 9.98. The van der Waals surface area contributed by atoms with E-state index >= 15 is 0 Å². The molecule has 90 valence electrons. The summed E-state index contributed by atoms with van der Waals surface area (Å²) in [6.45, 7) is 2.64. The summed E-state index contributed by atoms with van der Waals surface area (Å²) in [6.07, 6.45) is 3.12. The second kappa shape index (κ2) is 4.49. The van der Waals surface area contributed by atoms with E-state index in [2.05, 4.69) is 29.6 Å². The Morgan fingerprint density at radius 3 is 2.88 bits per heavy atom. The molecule has 1 fully saturated rings. The fourth-order valence-corrected chi connectivity index (χ4v) is 2.80. The maximum absolute atomic E-state index is 12.3. The Hall–Kier alpha value is -1.35. The third kappa shape index (κ3) is 2.07. The van der Waals surface area contributed by atoms with Crippen molar-refractivity contribution in [2.24, 2.45) is 0 Å². The van der Waals surface area contributed by atoms with Crippen LogP contribution in [0.3, 0.4) is 0 Å². The summed E-state index contributed by atoms with van der Waals surface area (Å²) >= 11 is 0. The molecule has 0 unspecified atom stereocenters. The van der Waals surface area contributed by atoms with Crippen molar-refractivity contribution >= 4 is 5.91 Å². The first kappa shape index (κ1) is 10.8. The highest BCUT2D eigenvalue weighted by molar-refractivity contribution is 5.82. The molecule has 0 bridgehead atoms. The van der Waals surface area contributed by atoms with Crippen LogP contribution in [0, 0.1) is 0 Å². The molecule has 0 aliphatic carbocycles. The fourth-order valence-electron chi connectivity index (χ4n) is 2.80. The molecule has 1 aromatic rings. The van der Waals surface area contributed by atoms with Gasteiger partial charge in [-0.3, -0.25) is 4.79 Å². The molecule has 3 rings (SSSR count). The minimum Gasteiger partial charge on any atom is -0.337 e. The van der Waals surface area contributed by atoms with Crippen LogP contribution >= 0.6 is 0 Å². The summed E-state index contributed by atoms with van der Waals surface area (Å²) in [7, 11) is 0. The van der Waals surface area contributed by atoms with Gasteiger partial charge in [-0.1, -0.05) is 24.3 Å². The Kier molecular flexibility index (Phi) is 2.85. The van der Waals surface area contributed by atoms with Crippen LogP contribution in [-0.2, 0) is 17.8 Å². The number of fused-ring (bicyclic) bond motifs is 1. The number of nitrogens with zero attached hydrogens (tertiary/aromatic N) is 1. The first-order valence-corrected chi connectivity index (χ1v) is 6.43. The van der Waals surface area contributed by atoms with E-state index in [1.165, 1.54) is 11.1 Å². The van der Waals surface area contributed by atoms with Gasteiger partial charge in [0, 0.05) is 13.1 Å². The summed E-state index contributed by atoms with van der Waals surface area (Å²) in [5.74, 6) is 0.289. The van der Waals surface area contributed by atoms with Gasteiger partial charge >= 0.3 is 0 Å². The number of nitrogens with one attached hydrogen (secondary N) is 1. The second-order valence-corrected chi connectivity index (χ2v) is 4.93. The minimum atomic E-state index is 0.0697. The van der Waals surface area contributed by atoms with Crippen molar-refractivity contribution < 1.29 is 4.79 Å². The highest BCUT2D eigenvalue weighted by Crippen LogP contribution is 2.20. The van der Waals surface area contributed by atoms with Gasteiger partial charge in [0.1, 0.15) is 0 Å². The molecule has 0 saturated carbocycles. The SMILES string of the molecule is O=C([C@H]1CCCN1)N1CCc2ccccc2C1. The van der Waals surface area contributed by atoms with Gasteiger partial charge in [-0.2, -0.15) is 0 Å². The molecule has 3 heteroatoms. The van der Waals surface area contributed by atoms with E-state index < -0.39 is 0 Å². The topological polar surface area (TPSA) is 32.3 Å². The van der Waals surface area contributed by atoms with Gasteiger partial charge in [0.05, 0.1) is 6.04 Å². The number of hydrogen-bond acceptors (Lipinski definition) is 2. The molecule has 1 amide bonds. The first-order chi connectivity index (χ1) is 8.34. The van der Waals surface area contributed by atoms with Crippen LogP contribution in [0.25, 0.3) is 0 Å². The quantitative estimate of drug-likeness (QED) is 0.789. The standard InChI is InChI=1S/C14H18N2O/c17-14(13-6-3-8-15-13)16-9-7-11-4-1-2-5-12(11)10-16/h1-2,4-5,13,15H,3,6-10H2/t13-/m1/s1. The smallest absolute Gasteiger partial charge is 0.240 e. The summed E-state index contributed by atoms with van der Waals surface area (Å²) in [6, 6.07) is 8.51. The molecule has 1 aromatic carbocycles. The molecular weight excluding hydrogens is 212 g/mol. The van der Waals surface area contributed by atoms with Crippen LogP contribution in [0.15, 0.2) is 24.3 Å². The molecule has 2 heterocycles. The number of amides is 1. The van der Waals surface area contributed by atoms with Crippen LogP contribution in [-0.4, -0.2) is 29.9 Å². The lowest BCUT2D eigenvalue weighted by Crippen LogP contribution is -2.45. The van der Waals surface area contributed by atoms with Crippen molar-refractivity contribution in [3.63, 3.8) is 0 Å². The molecular formula is C14H18N2O. The molecule has 1 N–H and O–H groups in total. The monoisotopic (exact) mass is 230 g/mol. The van der Waals surface area contributed by atoms with E-state index in [0.29, 0.717) is 0 Å². The minimum absolute atomic E-state index is 0.0697. The zero-order chi connectivity index (χ0) is 11.7. The zero-order valence-electron chi connectivity index (χ0n) is 9.98. The van der Waals surface area contributed by atoms with E-state index in [0.717, 1.165) is 38.9 Å². The maximum Gasteiger partial charge on any atom is 0.240 e. The van der Waals surface area contributed by atoms with E-state index in [1.54, 1.807) is 0 Å². The van der Waals surface area contributed by atoms with E-state index in [9.17, 15) is 4.79 Å². The highest BCUT2D eigenvalue weighted by Gasteiger charge is 2.28. The second-order valence-electron chi connectivity index (χ2n) is 4.93. The van der Waals surface area contributed by atoms with Gasteiger partial charge in [0.2, 0.25) is 5.91 Å². The number of rotatable bonds is 1. The Bertz CT molecular complexity index is 424.